The Morgan fingerprint density at radius 1 is 1.44 bits per heavy atom. The molecule has 90 valence electrons. The molecule has 4 nitrogen and oxygen atoms in total. The number of likely N-dealkylation sites (tertiary alicyclic amines) is 1. The number of β-amino-alcohol motifs (C(OH)–C–C–N with tert-alkyl or cyclic N) is 1. The summed E-state index contributed by atoms with van der Waals surface area (Å²) in [5.74, 6) is 1.44. The van der Waals surface area contributed by atoms with Crippen molar-refractivity contribution in [3.8, 4) is 0 Å². The molecule has 2 N–H and O–H groups in total. The number of aliphatic hydroxyl groups excluding tert-OH is 1. The normalized spacial score (nSPS) is 27.2. The third-order valence-electron chi connectivity index (χ3n) is 3.01. The maximum absolute atomic E-state index is 9.96. The Bertz CT molecular complexity index is 346. The molecule has 2 rings (SSSR count). The van der Waals surface area contributed by atoms with E-state index in [1.807, 2.05) is 13.0 Å². The third-order valence-corrected chi connectivity index (χ3v) is 3.01. The quantitative estimate of drug-likeness (QED) is 0.809. The van der Waals surface area contributed by atoms with Gasteiger partial charge in [0.1, 0.15) is 18.1 Å². The first-order chi connectivity index (χ1) is 7.59. The summed E-state index contributed by atoms with van der Waals surface area (Å²) < 4.78 is 5.43. The molecule has 4 heteroatoms. The molecule has 1 atom stereocenters. The highest BCUT2D eigenvalue weighted by molar-refractivity contribution is 5.06. The lowest BCUT2D eigenvalue weighted by molar-refractivity contribution is -0.0200. The van der Waals surface area contributed by atoms with Gasteiger partial charge in [0.25, 0.3) is 0 Å². The molecule has 0 bridgehead atoms. The number of hydrogen-bond donors (Lipinski definition) is 2. The van der Waals surface area contributed by atoms with Crippen LogP contribution in [0.4, 0.5) is 0 Å². The van der Waals surface area contributed by atoms with Crippen molar-refractivity contribution in [1.82, 2.24) is 4.90 Å². The molecule has 0 spiro atoms. The van der Waals surface area contributed by atoms with E-state index < -0.39 is 5.60 Å². The van der Waals surface area contributed by atoms with Crippen LogP contribution in [0.15, 0.2) is 16.5 Å². The van der Waals surface area contributed by atoms with Gasteiger partial charge in [0.05, 0.1) is 12.1 Å². The molecular weight excluding hydrogens is 206 g/mol. The zero-order valence-electron chi connectivity index (χ0n) is 9.65. The minimum Gasteiger partial charge on any atom is -0.462 e. The Kier molecular flexibility index (Phi) is 3.33. The minimum absolute atomic E-state index is 0.0578. The molecule has 0 radical (unpaired) electrons. The smallest absolute Gasteiger partial charge is 0.129 e. The van der Waals surface area contributed by atoms with Crippen molar-refractivity contribution in [1.29, 1.82) is 0 Å². The summed E-state index contributed by atoms with van der Waals surface area (Å²) in [6, 6.07) is 3.67. The van der Waals surface area contributed by atoms with E-state index in [0.717, 1.165) is 25.1 Å². The molecule has 2 heterocycles. The van der Waals surface area contributed by atoms with Gasteiger partial charge in [0.2, 0.25) is 0 Å². The summed E-state index contributed by atoms with van der Waals surface area (Å²) in [6.45, 7) is 4.20. The largest absolute Gasteiger partial charge is 0.462 e. The van der Waals surface area contributed by atoms with Gasteiger partial charge in [0, 0.05) is 6.54 Å². The van der Waals surface area contributed by atoms with Gasteiger partial charge in [-0.25, -0.2) is 0 Å². The van der Waals surface area contributed by atoms with E-state index in [9.17, 15) is 5.11 Å². The van der Waals surface area contributed by atoms with Gasteiger partial charge in [0.15, 0.2) is 0 Å². The standard InChI is InChI=1S/C12H19NO3/c1-12(15)5-2-6-13(9-12)7-10-3-4-11(8-14)16-10/h3-4,14-15H,2,5-9H2,1H3. The maximum atomic E-state index is 9.96. The predicted octanol–water partition coefficient (Wildman–Crippen LogP) is 1.12. The average molecular weight is 225 g/mol. The van der Waals surface area contributed by atoms with Crippen LogP contribution in [0.25, 0.3) is 0 Å². The molecule has 1 aromatic heterocycles. The van der Waals surface area contributed by atoms with Gasteiger partial charge in [-0.15, -0.1) is 0 Å². The summed E-state index contributed by atoms with van der Waals surface area (Å²) in [7, 11) is 0. The molecule has 1 unspecified atom stereocenters. The van der Waals surface area contributed by atoms with Gasteiger partial charge in [-0.05, 0) is 38.4 Å². The van der Waals surface area contributed by atoms with Crippen LogP contribution in [-0.4, -0.2) is 33.8 Å². The fraction of sp³-hybridized carbons (Fsp3) is 0.667. The second-order valence-corrected chi connectivity index (χ2v) is 4.84. The Hall–Kier alpha value is -0.840. The Balaban J connectivity index is 1.94. The monoisotopic (exact) mass is 225 g/mol. The Morgan fingerprint density at radius 2 is 2.19 bits per heavy atom. The highest BCUT2D eigenvalue weighted by Crippen LogP contribution is 2.22. The van der Waals surface area contributed by atoms with Crippen LogP contribution in [0.3, 0.4) is 0 Å². The molecule has 0 aliphatic carbocycles. The fourth-order valence-corrected chi connectivity index (χ4v) is 2.27. The molecule has 1 aliphatic rings. The molecule has 1 fully saturated rings. The van der Waals surface area contributed by atoms with E-state index in [2.05, 4.69) is 4.90 Å². The number of aliphatic hydroxyl groups is 2. The highest BCUT2D eigenvalue weighted by Gasteiger charge is 2.28. The first-order valence-corrected chi connectivity index (χ1v) is 5.72. The molecule has 16 heavy (non-hydrogen) atoms. The van der Waals surface area contributed by atoms with E-state index in [4.69, 9.17) is 9.52 Å². The number of furan rings is 1. The van der Waals surface area contributed by atoms with Gasteiger partial charge in [-0.3, -0.25) is 4.90 Å². The SMILES string of the molecule is CC1(O)CCCN(Cc2ccc(CO)o2)C1. The minimum atomic E-state index is -0.579. The zero-order valence-corrected chi connectivity index (χ0v) is 9.65. The van der Waals surface area contributed by atoms with Crippen molar-refractivity contribution < 1.29 is 14.6 Å². The van der Waals surface area contributed by atoms with E-state index in [1.54, 1.807) is 6.07 Å². The molecule has 1 aromatic rings. The van der Waals surface area contributed by atoms with E-state index in [0.29, 0.717) is 18.8 Å². The summed E-state index contributed by atoms with van der Waals surface area (Å²) >= 11 is 0. The summed E-state index contributed by atoms with van der Waals surface area (Å²) in [5, 5.41) is 18.9. The van der Waals surface area contributed by atoms with Crippen LogP contribution in [0.2, 0.25) is 0 Å². The number of hydrogen-bond acceptors (Lipinski definition) is 4. The van der Waals surface area contributed by atoms with Crippen LogP contribution in [0.5, 0.6) is 0 Å². The Labute approximate surface area is 95.5 Å². The van der Waals surface area contributed by atoms with Crippen LogP contribution in [-0.2, 0) is 13.2 Å². The predicted molar refractivity (Wildman–Crippen MR) is 59.8 cm³/mol. The van der Waals surface area contributed by atoms with Crippen LogP contribution in [0, 0.1) is 0 Å². The molecule has 1 aliphatic heterocycles. The lowest BCUT2D eigenvalue weighted by Crippen LogP contribution is -2.45. The van der Waals surface area contributed by atoms with Crippen molar-refractivity contribution >= 4 is 0 Å². The van der Waals surface area contributed by atoms with Crippen LogP contribution in [0.1, 0.15) is 31.3 Å². The lowest BCUT2D eigenvalue weighted by atomic mass is 9.95. The van der Waals surface area contributed by atoms with E-state index in [-0.39, 0.29) is 6.61 Å². The van der Waals surface area contributed by atoms with Gasteiger partial charge >= 0.3 is 0 Å². The maximum Gasteiger partial charge on any atom is 0.129 e. The van der Waals surface area contributed by atoms with Crippen molar-refractivity contribution in [3.63, 3.8) is 0 Å². The lowest BCUT2D eigenvalue weighted by Gasteiger charge is -2.36. The molecule has 1 saturated heterocycles. The van der Waals surface area contributed by atoms with Gasteiger partial charge in [-0.2, -0.15) is 0 Å². The summed E-state index contributed by atoms with van der Waals surface area (Å²) in [6.07, 6.45) is 1.88. The fourth-order valence-electron chi connectivity index (χ4n) is 2.27. The van der Waals surface area contributed by atoms with Crippen LogP contribution < -0.4 is 0 Å². The Morgan fingerprint density at radius 3 is 2.81 bits per heavy atom. The summed E-state index contributed by atoms with van der Waals surface area (Å²) in [4.78, 5) is 2.18. The third kappa shape index (κ3) is 2.84. The number of nitrogens with zero attached hydrogens (tertiary/aromatic N) is 1. The van der Waals surface area contributed by atoms with Crippen molar-refractivity contribution in [2.45, 2.75) is 38.5 Å². The average Bonchev–Trinajstić information content (AvgIpc) is 2.64. The molecule has 0 saturated carbocycles. The number of piperidine rings is 1. The van der Waals surface area contributed by atoms with E-state index >= 15 is 0 Å². The number of rotatable bonds is 3. The molecular formula is C12H19NO3. The molecule has 0 amide bonds. The van der Waals surface area contributed by atoms with Crippen molar-refractivity contribution in [2.75, 3.05) is 13.1 Å². The van der Waals surface area contributed by atoms with Gasteiger partial charge < -0.3 is 14.6 Å². The van der Waals surface area contributed by atoms with Gasteiger partial charge in [-0.1, -0.05) is 0 Å². The van der Waals surface area contributed by atoms with Crippen molar-refractivity contribution in [2.24, 2.45) is 0 Å². The zero-order chi connectivity index (χ0) is 11.6. The first kappa shape index (κ1) is 11.6. The van der Waals surface area contributed by atoms with Crippen molar-refractivity contribution in [3.05, 3.63) is 23.7 Å². The first-order valence-electron chi connectivity index (χ1n) is 5.72. The second-order valence-electron chi connectivity index (χ2n) is 4.84. The van der Waals surface area contributed by atoms with E-state index in [1.165, 1.54) is 0 Å². The van der Waals surface area contributed by atoms with Crippen LogP contribution >= 0.6 is 0 Å². The second kappa shape index (κ2) is 4.57. The summed E-state index contributed by atoms with van der Waals surface area (Å²) in [5.41, 5.74) is -0.579. The topological polar surface area (TPSA) is 56.8 Å². The highest BCUT2D eigenvalue weighted by atomic mass is 16.4. The molecule has 0 aromatic carbocycles.